The number of ether oxygens (including phenoxy) is 1. The first-order valence-electron chi connectivity index (χ1n) is 3.56. The molecule has 1 aliphatic heterocycles. The Morgan fingerprint density at radius 2 is 2.00 bits per heavy atom. The highest BCUT2D eigenvalue weighted by Crippen LogP contribution is 2.41. The first kappa shape index (κ1) is 9.39. The summed E-state index contributed by atoms with van der Waals surface area (Å²) in [4.78, 5) is 11.0. The largest absolute Gasteiger partial charge is 0.466 e. The van der Waals surface area contributed by atoms with Crippen LogP contribution >= 0.6 is 12.6 Å². The van der Waals surface area contributed by atoms with Crippen molar-refractivity contribution in [2.45, 2.75) is 11.0 Å². The van der Waals surface area contributed by atoms with Gasteiger partial charge in [-0.05, 0) is 12.1 Å². The van der Waals surface area contributed by atoms with Crippen LogP contribution in [0.15, 0.2) is 17.0 Å². The Hall–Kier alpha value is -1.17. The smallest absolute Gasteiger partial charge is 0.422 e. The third kappa shape index (κ3) is 1.10. The van der Waals surface area contributed by atoms with Gasteiger partial charge < -0.3 is 4.74 Å². The van der Waals surface area contributed by atoms with Gasteiger partial charge in [0.1, 0.15) is 0 Å². The standard InChI is InChI=1S/C8H3F3O2S/c9-3-1-2-4(14)5-6(3)13-8(10,11)7(5)12/h1-2,14H. The quantitative estimate of drug-likeness (QED) is 0.679. The van der Waals surface area contributed by atoms with E-state index in [-0.39, 0.29) is 4.90 Å². The summed E-state index contributed by atoms with van der Waals surface area (Å²) in [6.45, 7) is 0. The van der Waals surface area contributed by atoms with Gasteiger partial charge in [0.25, 0.3) is 5.78 Å². The number of alkyl halides is 2. The van der Waals surface area contributed by atoms with Crippen LogP contribution in [0.1, 0.15) is 10.4 Å². The number of rotatable bonds is 0. The zero-order valence-electron chi connectivity index (χ0n) is 6.55. The van der Waals surface area contributed by atoms with Crippen molar-refractivity contribution in [3.8, 4) is 5.75 Å². The zero-order chi connectivity index (χ0) is 10.5. The van der Waals surface area contributed by atoms with Crippen LogP contribution in [0.5, 0.6) is 5.75 Å². The van der Waals surface area contributed by atoms with E-state index in [0.717, 1.165) is 12.1 Å². The molecule has 1 heterocycles. The number of Topliss-reactive ketones (excluding diaryl/α,β-unsaturated/α-hetero) is 1. The predicted molar refractivity (Wildman–Crippen MR) is 43.6 cm³/mol. The maximum atomic E-state index is 12.9. The van der Waals surface area contributed by atoms with Crippen molar-refractivity contribution in [1.82, 2.24) is 0 Å². The van der Waals surface area contributed by atoms with Crippen molar-refractivity contribution in [1.29, 1.82) is 0 Å². The molecule has 1 aromatic rings. The molecule has 0 aromatic heterocycles. The molecule has 2 rings (SSSR count). The van der Waals surface area contributed by atoms with Gasteiger partial charge in [0.05, 0.1) is 5.56 Å². The number of ketones is 1. The molecule has 6 heteroatoms. The van der Waals surface area contributed by atoms with Crippen molar-refractivity contribution in [2.24, 2.45) is 0 Å². The topological polar surface area (TPSA) is 26.3 Å². The van der Waals surface area contributed by atoms with Crippen LogP contribution < -0.4 is 4.74 Å². The Balaban J connectivity index is 2.70. The Kier molecular flexibility index (Phi) is 1.79. The average Bonchev–Trinajstić information content (AvgIpc) is 2.33. The van der Waals surface area contributed by atoms with Crippen LogP contribution in [0.2, 0.25) is 0 Å². The van der Waals surface area contributed by atoms with Gasteiger partial charge in [-0.3, -0.25) is 4.79 Å². The SMILES string of the molecule is O=C1c2c(S)ccc(F)c2OC1(F)F. The second-order valence-corrected chi connectivity index (χ2v) is 3.20. The van der Waals surface area contributed by atoms with Gasteiger partial charge >= 0.3 is 6.11 Å². The van der Waals surface area contributed by atoms with Crippen molar-refractivity contribution in [2.75, 3.05) is 0 Å². The van der Waals surface area contributed by atoms with Crippen LogP contribution in [0.4, 0.5) is 13.2 Å². The van der Waals surface area contributed by atoms with E-state index in [1.54, 1.807) is 0 Å². The third-order valence-corrected chi connectivity index (χ3v) is 2.18. The van der Waals surface area contributed by atoms with Crippen molar-refractivity contribution in [3.63, 3.8) is 0 Å². The lowest BCUT2D eigenvalue weighted by Crippen LogP contribution is -2.28. The highest BCUT2D eigenvalue weighted by molar-refractivity contribution is 7.80. The second kappa shape index (κ2) is 2.66. The minimum Gasteiger partial charge on any atom is -0.422 e. The summed E-state index contributed by atoms with van der Waals surface area (Å²) < 4.78 is 42.3. The molecule has 0 N–H and O–H groups in total. The Morgan fingerprint density at radius 1 is 1.36 bits per heavy atom. The number of benzene rings is 1. The minimum absolute atomic E-state index is 0.0245. The van der Waals surface area contributed by atoms with Crippen LogP contribution in [0.3, 0.4) is 0 Å². The molecular weight excluding hydrogens is 217 g/mol. The van der Waals surface area contributed by atoms with Gasteiger partial charge in [0, 0.05) is 4.90 Å². The van der Waals surface area contributed by atoms with E-state index in [1.807, 2.05) is 0 Å². The maximum Gasteiger partial charge on any atom is 0.466 e. The summed E-state index contributed by atoms with van der Waals surface area (Å²) in [5, 5.41) is 0. The highest BCUT2D eigenvalue weighted by atomic mass is 32.1. The molecule has 0 saturated carbocycles. The molecule has 1 aromatic carbocycles. The highest BCUT2D eigenvalue weighted by Gasteiger charge is 2.52. The Bertz CT molecular complexity index is 431. The fraction of sp³-hybridized carbons (Fsp3) is 0.125. The van der Waals surface area contributed by atoms with Crippen molar-refractivity contribution >= 4 is 18.4 Å². The number of thiol groups is 1. The third-order valence-electron chi connectivity index (χ3n) is 1.81. The molecule has 0 bridgehead atoms. The van der Waals surface area contributed by atoms with Gasteiger partial charge in [-0.15, -0.1) is 12.6 Å². The molecule has 0 radical (unpaired) electrons. The molecule has 1 aliphatic rings. The fourth-order valence-electron chi connectivity index (χ4n) is 1.19. The van der Waals surface area contributed by atoms with E-state index in [2.05, 4.69) is 17.4 Å². The monoisotopic (exact) mass is 220 g/mol. The summed E-state index contributed by atoms with van der Waals surface area (Å²) in [7, 11) is 0. The minimum atomic E-state index is -3.98. The molecule has 0 saturated heterocycles. The van der Waals surface area contributed by atoms with E-state index < -0.39 is 29.0 Å². The van der Waals surface area contributed by atoms with Crippen LogP contribution in [0.25, 0.3) is 0 Å². The van der Waals surface area contributed by atoms with Crippen LogP contribution in [0, 0.1) is 5.82 Å². The first-order valence-corrected chi connectivity index (χ1v) is 4.01. The lowest BCUT2D eigenvalue weighted by Gasteiger charge is -2.05. The van der Waals surface area contributed by atoms with Crippen LogP contribution in [-0.2, 0) is 0 Å². The number of carbonyl (C=O) groups is 1. The van der Waals surface area contributed by atoms with E-state index in [0.29, 0.717) is 0 Å². The van der Waals surface area contributed by atoms with E-state index in [1.165, 1.54) is 0 Å². The summed E-state index contributed by atoms with van der Waals surface area (Å²) in [5.41, 5.74) is -0.502. The molecule has 74 valence electrons. The Labute approximate surface area is 82.1 Å². The average molecular weight is 220 g/mol. The van der Waals surface area contributed by atoms with E-state index in [9.17, 15) is 18.0 Å². The molecule has 0 atom stereocenters. The van der Waals surface area contributed by atoms with Gasteiger partial charge in [0.2, 0.25) is 0 Å². The van der Waals surface area contributed by atoms with Crippen molar-refractivity contribution in [3.05, 3.63) is 23.5 Å². The molecule has 0 aliphatic carbocycles. The molecular formula is C8H3F3O2S. The summed E-state index contributed by atoms with van der Waals surface area (Å²) in [6.07, 6.45) is -3.98. The van der Waals surface area contributed by atoms with Crippen molar-refractivity contribution < 1.29 is 22.7 Å². The number of hydrogen-bond donors (Lipinski definition) is 1. The lowest BCUT2D eigenvalue weighted by atomic mass is 10.1. The zero-order valence-corrected chi connectivity index (χ0v) is 7.45. The number of fused-ring (bicyclic) bond motifs is 1. The van der Waals surface area contributed by atoms with E-state index in [4.69, 9.17) is 0 Å². The number of carbonyl (C=O) groups excluding carboxylic acids is 1. The molecule has 0 fully saturated rings. The molecule has 0 amide bonds. The lowest BCUT2D eigenvalue weighted by molar-refractivity contribution is -0.125. The molecule has 2 nitrogen and oxygen atoms in total. The van der Waals surface area contributed by atoms with Gasteiger partial charge in [0.15, 0.2) is 11.6 Å². The maximum absolute atomic E-state index is 12.9. The molecule has 14 heavy (non-hydrogen) atoms. The second-order valence-electron chi connectivity index (χ2n) is 2.72. The van der Waals surface area contributed by atoms with Gasteiger partial charge in [-0.1, -0.05) is 0 Å². The van der Waals surface area contributed by atoms with Gasteiger partial charge in [-0.25, -0.2) is 4.39 Å². The summed E-state index contributed by atoms with van der Waals surface area (Å²) >= 11 is 3.77. The predicted octanol–water partition coefficient (Wildman–Crippen LogP) is 2.28. The molecule has 0 spiro atoms. The number of hydrogen-bond acceptors (Lipinski definition) is 3. The summed E-state index contributed by atoms with van der Waals surface area (Å²) in [5.74, 6) is -3.28. The van der Waals surface area contributed by atoms with Crippen LogP contribution in [-0.4, -0.2) is 11.9 Å². The molecule has 0 unspecified atom stereocenters. The summed E-state index contributed by atoms with van der Waals surface area (Å²) in [6, 6.07) is 2.04. The first-order chi connectivity index (χ1) is 6.43. The fourth-order valence-corrected chi connectivity index (χ4v) is 1.46. The van der Waals surface area contributed by atoms with E-state index >= 15 is 0 Å². The normalized spacial score (nSPS) is 17.9. The Morgan fingerprint density at radius 3 is 2.57 bits per heavy atom. The van der Waals surface area contributed by atoms with Gasteiger partial charge in [-0.2, -0.15) is 8.78 Å². The number of halogens is 3.